The normalized spacial score (nSPS) is 19.1. The maximum atomic E-state index is 8.34. The third kappa shape index (κ3) is 1.10. The van der Waals surface area contributed by atoms with Crippen LogP contribution >= 0.6 is 0 Å². The summed E-state index contributed by atoms with van der Waals surface area (Å²) in [6, 6.07) is 2.11. The van der Waals surface area contributed by atoms with Gasteiger partial charge in [-0.05, 0) is 19.3 Å². The molecule has 0 unspecified atom stereocenters. The largest absolute Gasteiger partial charge is 0.193 e. The number of hydrogen-bond acceptors (Lipinski definition) is 1. The molecule has 0 bridgehead atoms. The zero-order chi connectivity index (χ0) is 5.82. The van der Waals surface area contributed by atoms with E-state index in [-0.39, 0.29) is 0 Å². The highest BCUT2D eigenvalue weighted by molar-refractivity contribution is 5.30. The van der Waals surface area contributed by atoms with Crippen LogP contribution in [0.2, 0.25) is 0 Å². The predicted molar refractivity (Wildman–Crippen MR) is 31.8 cm³/mol. The maximum absolute atomic E-state index is 8.34. The molecule has 0 fully saturated rings. The molecule has 0 amide bonds. The van der Waals surface area contributed by atoms with E-state index >= 15 is 0 Å². The van der Waals surface area contributed by atoms with Crippen molar-refractivity contribution in [1.82, 2.24) is 0 Å². The van der Waals surface area contributed by atoms with Gasteiger partial charge in [0.15, 0.2) is 0 Å². The van der Waals surface area contributed by atoms with Crippen LogP contribution < -0.4 is 0 Å². The fourth-order valence-corrected chi connectivity index (χ4v) is 0.808. The van der Waals surface area contributed by atoms with Crippen molar-refractivity contribution in [3.8, 4) is 6.07 Å². The maximum Gasteiger partial charge on any atom is 0.0946 e. The average Bonchev–Trinajstić information content (AvgIpc) is 1.90. The molecule has 0 spiro atoms. The molecule has 0 aromatic heterocycles. The van der Waals surface area contributed by atoms with E-state index < -0.39 is 0 Å². The van der Waals surface area contributed by atoms with E-state index in [1.165, 1.54) is 6.42 Å². The van der Waals surface area contributed by atoms with E-state index in [2.05, 4.69) is 6.07 Å². The zero-order valence-electron chi connectivity index (χ0n) is 4.72. The third-order valence-corrected chi connectivity index (χ3v) is 1.27. The van der Waals surface area contributed by atoms with Gasteiger partial charge in [0.2, 0.25) is 0 Å². The summed E-state index contributed by atoms with van der Waals surface area (Å²) in [6.45, 7) is 0. The summed E-state index contributed by atoms with van der Waals surface area (Å²) >= 11 is 0. The summed E-state index contributed by atoms with van der Waals surface area (Å²) in [4.78, 5) is 0. The number of nitriles is 1. The summed E-state index contributed by atoms with van der Waals surface area (Å²) in [7, 11) is 0. The van der Waals surface area contributed by atoms with Crippen molar-refractivity contribution in [2.45, 2.75) is 19.3 Å². The van der Waals surface area contributed by atoms with Gasteiger partial charge in [-0.1, -0.05) is 6.08 Å². The van der Waals surface area contributed by atoms with E-state index in [0.29, 0.717) is 0 Å². The van der Waals surface area contributed by atoms with E-state index in [0.717, 1.165) is 18.4 Å². The lowest BCUT2D eigenvalue weighted by Gasteiger charge is -2.02. The lowest BCUT2D eigenvalue weighted by molar-refractivity contribution is 0.806. The van der Waals surface area contributed by atoms with Gasteiger partial charge in [0.1, 0.15) is 0 Å². The Kier molecular flexibility index (Phi) is 1.69. The second-order valence-electron chi connectivity index (χ2n) is 1.91. The van der Waals surface area contributed by atoms with Crippen LogP contribution in [0.3, 0.4) is 0 Å². The minimum Gasteiger partial charge on any atom is -0.193 e. The van der Waals surface area contributed by atoms with Gasteiger partial charge in [-0.15, -0.1) is 0 Å². The Morgan fingerprint density at radius 3 is 2.75 bits per heavy atom. The quantitative estimate of drug-likeness (QED) is 0.462. The van der Waals surface area contributed by atoms with Gasteiger partial charge in [-0.2, -0.15) is 5.26 Å². The van der Waals surface area contributed by atoms with Gasteiger partial charge in [0.05, 0.1) is 6.07 Å². The minimum absolute atomic E-state index is 0.858. The Morgan fingerprint density at radius 2 is 2.38 bits per heavy atom. The molecule has 1 aliphatic rings. The van der Waals surface area contributed by atoms with Gasteiger partial charge in [0.25, 0.3) is 0 Å². The molecule has 1 nitrogen and oxygen atoms in total. The summed E-state index contributed by atoms with van der Waals surface area (Å²) in [5.74, 6) is 0. The van der Waals surface area contributed by atoms with Crippen LogP contribution in [0.4, 0.5) is 0 Å². The van der Waals surface area contributed by atoms with Gasteiger partial charge >= 0.3 is 0 Å². The number of nitrogens with zero attached hydrogens (tertiary/aromatic N) is 1. The molecule has 0 aliphatic heterocycles. The smallest absolute Gasteiger partial charge is 0.0946 e. The molecule has 0 saturated carbocycles. The lowest BCUT2D eigenvalue weighted by Crippen LogP contribution is -1.88. The lowest BCUT2D eigenvalue weighted by atomic mass is 10.0. The Bertz CT molecular complexity index is 139. The van der Waals surface area contributed by atoms with Crippen LogP contribution in [-0.2, 0) is 0 Å². The SMILES string of the molecule is N#CC1=CCCC[CH]1. The first kappa shape index (κ1) is 5.37. The average molecular weight is 106 g/mol. The van der Waals surface area contributed by atoms with Crippen molar-refractivity contribution in [2.75, 3.05) is 0 Å². The van der Waals surface area contributed by atoms with E-state index in [9.17, 15) is 0 Å². The molecule has 0 heterocycles. The molecule has 1 aliphatic carbocycles. The Hall–Kier alpha value is -0.770. The second-order valence-corrected chi connectivity index (χ2v) is 1.91. The first-order valence-corrected chi connectivity index (χ1v) is 2.87. The van der Waals surface area contributed by atoms with Gasteiger partial charge in [0, 0.05) is 12.0 Å². The molecule has 1 radical (unpaired) electrons. The van der Waals surface area contributed by atoms with Crippen LogP contribution in [0, 0.1) is 17.8 Å². The number of hydrogen-bond donors (Lipinski definition) is 0. The fourth-order valence-electron chi connectivity index (χ4n) is 0.808. The molecule has 0 atom stereocenters. The molecule has 41 valence electrons. The predicted octanol–water partition coefficient (Wildman–Crippen LogP) is 1.82. The van der Waals surface area contributed by atoms with E-state index in [1.54, 1.807) is 0 Å². The third-order valence-electron chi connectivity index (χ3n) is 1.27. The monoisotopic (exact) mass is 106 g/mol. The van der Waals surface area contributed by atoms with E-state index in [4.69, 9.17) is 5.26 Å². The zero-order valence-corrected chi connectivity index (χ0v) is 4.72. The van der Waals surface area contributed by atoms with Crippen molar-refractivity contribution in [2.24, 2.45) is 0 Å². The molecular formula is C7H8N. The molecule has 0 aromatic carbocycles. The standard InChI is InChI=1S/C7H8N/c8-6-7-4-2-1-3-5-7/h4-5H,1-3H2. The van der Waals surface area contributed by atoms with Crippen molar-refractivity contribution in [3.63, 3.8) is 0 Å². The van der Waals surface area contributed by atoms with Crippen molar-refractivity contribution >= 4 is 0 Å². The van der Waals surface area contributed by atoms with Crippen LogP contribution in [0.25, 0.3) is 0 Å². The highest BCUT2D eigenvalue weighted by Gasteiger charge is 2.00. The molecule has 1 heteroatoms. The second kappa shape index (κ2) is 2.52. The molecular weight excluding hydrogens is 98.1 g/mol. The van der Waals surface area contributed by atoms with Gasteiger partial charge in [-0.3, -0.25) is 0 Å². The van der Waals surface area contributed by atoms with Crippen molar-refractivity contribution < 1.29 is 0 Å². The van der Waals surface area contributed by atoms with Crippen LogP contribution in [-0.4, -0.2) is 0 Å². The molecule has 1 rings (SSSR count). The first-order valence-electron chi connectivity index (χ1n) is 2.87. The Labute approximate surface area is 49.6 Å². The van der Waals surface area contributed by atoms with Crippen molar-refractivity contribution in [3.05, 3.63) is 18.1 Å². The van der Waals surface area contributed by atoms with E-state index in [1.807, 2.05) is 12.5 Å². The Balaban J connectivity index is 2.53. The van der Waals surface area contributed by atoms with Crippen LogP contribution in [0.5, 0.6) is 0 Å². The van der Waals surface area contributed by atoms with Gasteiger partial charge < -0.3 is 0 Å². The topological polar surface area (TPSA) is 23.8 Å². The molecule has 0 saturated heterocycles. The summed E-state index contributed by atoms with van der Waals surface area (Å²) in [6.07, 6.45) is 7.36. The van der Waals surface area contributed by atoms with Crippen LogP contribution in [0.1, 0.15) is 19.3 Å². The van der Waals surface area contributed by atoms with Crippen LogP contribution in [0.15, 0.2) is 11.6 Å². The minimum atomic E-state index is 0.858. The highest BCUT2D eigenvalue weighted by atomic mass is 14.2. The summed E-state index contributed by atoms with van der Waals surface area (Å²) in [5, 5.41) is 8.34. The highest BCUT2D eigenvalue weighted by Crippen LogP contribution is 2.14. The number of allylic oxidation sites excluding steroid dienone is 2. The summed E-state index contributed by atoms with van der Waals surface area (Å²) in [5.41, 5.74) is 0.858. The fraction of sp³-hybridized carbons (Fsp3) is 0.429. The molecule has 8 heavy (non-hydrogen) atoms. The van der Waals surface area contributed by atoms with Gasteiger partial charge in [-0.25, -0.2) is 0 Å². The van der Waals surface area contributed by atoms with Crippen molar-refractivity contribution in [1.29, 1.82) is 5.26 Å². The molecule has 0 aromatic rings. The molecule has 0 N–H and O–H groups in total. The first-order chi connectivity index (χ1) is 3.93. The summed E-state index contributed by atoms with van der Waals surface area (Å²) < 4.78 is 0. The number of rotatable bonds is 0. The Morgan fingerprint density at radius 1 is 1.50 bits per heavy atom.